The molecule has 0 aromatic rings. The van der Waals surface area contributed by atoms with Gasteiger partial charge < -0.3 is 0 Å². The van der Waals surface area contributed by atoms with Gasteiger partial charge in [0.1, 0.15) is 0 Å². The second-order valence-electron chi connectivity index (χ2n) is 7.06. The first-order valence-corrected chi connectivity index (χ1v) is 8.54. The summed E-state index contributed by atoms with van der Waals surface area (Å²) in [6.45, 7) is 14.6. The highest BCUT2D eigenvalue weighted by Gasteiger charge is 2.36. The molecule has 18 heavy (non-hydrogen) atoms. The van der Waals surface area contributed by atoms with Crippen molar-refractivity contribution < 1.29 is 0 Å². The highest BCUT2D eigenvalue weighted by atomic mass is 14.4. The minimum atomic E-state index is 0.927. The second-order valence-corrected chi connectivity index (χ2v) is 7.06. The van der Waals surface area contributed by atoms with E-state index in [-0.39, 0.29) is 0 Å². The first kappa shape index (κ1) is 16.1. The molecule has 0 aromatic carbocycles. The van der Waals surface area contributed by atoms with E-state index in [9.17, 15) is 0 Å². The first-order chi connectivity index (χ1) is 8.54. The zero-order valence-electron chi connectivity index (χ0n) is 13.7. The maximum Gasteiger partial charge on any atom is -0.0355 e. The number of hydrogen-bond acceptors (Lipinski definition) is 0. The van der Waals surface area contributed by atoms with E-state index in [4.69, 9.17) is 0 Å². The van der Waals surface area contributed by atoms with Crippen molar-refractivity contribution >= 4 is 0 Å². The quantitative estimate of drug-likeness (QED) is 0.531. The van der Waals surface area contributed by atoms with Crippen molar-refractivity contribution in [2.24, 2.45) is 35.5 Å². The van der Waals surface area contributed by atoms with Gasteiger partial charge in [-0.05, 0) is 54.8 Å². The Balaban J connectivity index is 2.72. The van der Waals surface area contributed by atoms with Gasteiger partial charge in [0.25, 0.3) is 0 Å². The fourth-order valence-electron chi connectivity index (χ4n) is 4.08. The summed E-state index contributed by atoms with van der Waals surface area (Å²) < 4.78 is 0. The van der Waals surface area contributed by atoms with Crippen LogP contribution in [0.1, 0.15) is 80.1 Å². The Bertz CT molecular complexity index is 220. The summed E-state index contributed by atoms with van der Waals surface area (Å²) in [4.78, 5) is 0. The molecule has 0 saturated heterocycles. The largest absolute Gasteiger partial charge is 0.0651 e. The highest BCUT2D eigenvalue weighted by molar-refractivity contribution is 4.86. The molecule has 0 heterocycles. The summed E-state index contributed by atoms with van der Waals surface area (Å²) in [5.41, 5.74) is 0. The lowest BCUT2D eigenvalue weighted by Crippen LogP contribution is -2.35. The van der Waals surface area contributed by atoms with E-state index in [0.717, 1.165) is 35.5 Å². The molecule has 0 heteroatoms. The van der Waals surface area contributed by atoms with E-state index in [0.29, 0.717) is 0 Å². The van der Waals surface area contributed by atoms with Gasteiger partial charge in [-0.25, -0.2) is 0 Å². The summed E-state index contributed by atoms with van der Waals surface area (Å²) in [7, 11) is 0. The van der Waals surface area contributed by atoms with Crippen LogP contribution in [-0.2, 0) is 0 Å². The van der Waals surface area contributed by atoms with Crippen molar-refractivity contribution in [3.63, 3.8) is 0 Å². The lowest BCUT2D eigenvalue weighted by Gasteiger charge is -2.43. The zero-order chi connectivity index (χ0) is 13.7. The van der Waals surface area contributed by atoms with Crippen LogP contribution in [0, 0.1) is 35.5 Å². The normalized spacial score (nSPS) is 34.0. The molecule has 0 radical (unpaired) electrons. The Morgan fingerprint density at radius 1 is 0.722 bits per heavy atom. The van der Waals surface area contributed by atoms with Gasteiger partial charge in [0.15, 0.2) is 0 Å². The molecule has 1 aliphatic rings. The van der Waals surface area contributed by atoms with Crippen molar-refractivity contribution in [3.05, 3.63) is 0 Å². The molecular weight excluding hydrogens is 216 g/mol. The van der Waals surface area contributed by atoms with E-state index in [1.807, 2.05) is 0 Å². The van der Waals surface area contributed by atoms with E-state index in [2.05, 4.69) is 41.5 Å². The summed E-state index contributed by atoms with van der Waals surface area (Å²) in [5.74, 6) is 5.81. The molecule has 0 aliphatic heterocycles. The van der Waals surface area contributed by atoms with Crippen molar-refractivity contribution in [2.45, 2.75) is 80.1 Å². The van der Waals surface area contributed by atoms with Crippen molar-refractivity contribution in [1.82, 2.24) is 0 Å². The third-order valence-corrected chi connectivity index (χ3v) is 6.19. The lowest BCUT2D eigenvalue weighted by atomic mass is 9.62. The summed E-state index contributed by atoms with van der Waals surface area (Å²) >= 11 is 0. The zero-order valence-corrected chi connectivity index (χ0v) is 13.7. The predicted octanol–water partition coefficient (Wildman–Crippen LogP) is 6.16. The Morgan fingerprint density at radius 3 is 1.72 bits per heavy atom. The molecule has 0 amide bonds. The Morgan fingerprint density at radius 2 is 1.22 bits per heavy atom. The standard InChI is InChI=1S/C18H36/c1-7-13(4)16-10-11-17(14(5)8-2)18(12-16)15(6)9-3/h13-18H,7-12H2,1-6H3. The third kappa shape index (κ3) is 3.75. The molecule has 0 bridgehead atoms. The van der Waals surface area contributed by atoms with Gasteiger partial charge in [-0.15, -0.1) is 0 Å². The maximum atomic E-state index is 2.50. The minimum Gasteiger partial charge on any atom is -0.0651 e. The molecule has 1 aliphatic carbocycles. The first-order valence-electron chi connectivity index (χ1n) is 8.54. The van der Waals surface area contributed by atoms with Crippen LogP contribution >= 0.6 is 0 Å². The van der Waals surface area contributed by atoms with Crippen molar-refractivity contribution in [1.29, 1.82) is 0 Å². The minimum absolute atomic E-state index is 0.927. The van der Waals surface area contributed by atoms with Crippen LogP contribution in [0.25, 0.3) is 0 Å². The third-order valence-electron chi connectivity index (χ3n) is 6.19. The average molecular weight is 252 g/mol. The Hall–Kier alpha value is 0. The average Bonchev–Trinajstić information content (AvgIpc) is 2.43. The fourth-order valence-corrected chi connectivity index (χ4v) is 4.08. The van der Waals surface area contributed by atoms with Crippen LogP contribution < -0.4 is 0 Å². The van der Waals surface area contributed by atoms with E-state index >= 15 is 0 Å². The van der Waals surface area contributed by atoms with Gasteiger partial charge in [0.05, 0.1) is 0 Å². The molecule has 1 fully saturated rings. The summed E-state index contributed by atoms with van der Waals surface area (Å²) in [6.07, 6.45) is 8.61. The van der Waals surface area contributed by atoms with Crippen molar-refractivity contribution in [2.75, 3.05) is 0 Å². The van der Waals surface area contributed by atoms with Crippen LogP contribution in [0.15, 0.2) is 0 Å². The van der Waals surface area contributed by atoms with Crippen molar-refractivity contribution in [3.8, 4) is 0 Å². The molecule has 0 spiro atoms. The van der Waals surface area contributed by atoms with E-state index < -0.39 is 0 Å². The van der Waals surface area contributed by atoms with Gasteiger partial charge in [0.2, 0.25) is 0 Å². The van der Waals surface area contributed by atoms with Crippen LogP contribution in [0.5, 0.6) is 0 Å². The number of hydrogen-bond donors (Lipinski definition) is 0. The van der Waals surface area contributed by atoms with Gasteiger partial charge in [0, 0.05) is 0 Å². The second kappa shape index (κ2) is 7.56. The van der Waals surface area contributed by atoms with Crippen LogP contribution in [0.2, 0.25) is 0 Å². The Labute approximate surface area is 116 Å². The van der Waals surface area contributed by atoms with Gasteiger partial charge in [-0.3, -0.25) is 0 Å². The summed E-state index contributed by atoms with van der Waals surface area (Å²) in [6, 6.07) is 0. The monoisotopic (exact) mass is 252 g/mol. The van der Waals surface area contributed by atoms with Gasteiger partial charge in [-0.1, -0.05) is 60.8 Å². The molecule has 0 aromatic heterocycles. The summed E-state index contributed by atoms with van der Waals surface area (Å²) in [5, 5.41) is 0. The fraction of sp³-hybridized carbons (Fsp3) is 1.00. The maximum absolute atomic E-state index is 2.50. The van der Waals surface area contributed by atoms with Gasteiger partial charge >= 0.3 is 0 Å². The predicted molar refractivity (Wildman–Crippen MR) is 82.7 cm³/mol. The molecule has 6 unspecified atom stereocenters. The smallest absolute Gasteiger partial charge is 0.0355 e. The highest BCUT2D eigenvalue weighted by Crippen LogP contribution is 2.46. The molecule has 6 atom stereocenters. The SMILES string of the molecule is CCC(C)C1CCC(C(C)CC)C(C(C)CC)C1. The lowest BCUT2D eigenvalue weighted by molar-refractivity contribution is 0.0639. The molecule has 0 N–H and O–H groups in total. The molecule has 1 rings (SSSR count). The van der Waals surface area contributed by atoms with Crippen LogP contribution in [0.4, 0.5) is 0 Å². The topological polar surface area (TPSA) is 0 Å². The van der Waals surface area contributed by atoms with Crippen LogP contribution in [-0.4, -0.2) is 0 Å². The number of rotatable bonds is 6. The molecular formula is C18H36. The van der Waals surface area contributed by atoms with Gasteiger partial charge in [-0.2, -0.15) is 0 Å². The molecule has 108 valence electrons. The van der Waals surface area contributed by atoms with E-state index in [1.165, 1.54) is 38.5 Å². The van der Waals surface area contributed by atoms with Crippen LogP contribution in [0.3, 0.4) is 0 Å². The Kier molecular flexibility index (Phi) is 6.74. The molecule has 1 saturated carbocycles. The molecule has 0 nitrogen and oxygen atoms in total. The van der Waals surface area contributed by atoms with E-state index in [1.54, 1.807) is 0 Å².